The number of hydrogen-bond donors (Lipinski definition) is 1. The number of methoxy groups -OCH3 is 1. The molecule has 6 nitrogen and oxygen atoms in total. The molecule has 0 radical (unpaired) electrons. The molecule has 0 aliphatic carbocycles. The summed E-state index contributed by atoms with van der Waals surface area (Å²) in [5.74, 6) is -0.289. The average molecular weight is 352 g/mol. The van der Waals surface area contributed by atoms with Crippen molar-refractivity contribution in [3.05, 3.63) is 65.7 Å². The van der Waals surface area contributed by atoms with Gasteiger partial charge in [0.2, 0.25) is 0 Å². The first kappa shape index (κ1) is 19.0. The van der Waals surface area contributed by atoms with Crippen molar-refractivity contribution >= 4 is 11.9 Å². The van der Waals surface area contributed by atoms with Crippen LogP contribution in [0.25, 0.3) is 0 Å². The molecule has 0 aliphatic rings. The van der Waals surface area contributed by atoms with Crippen molar-refractivity contribution in [3.63, 3.8) is 0 Å². The number of carbonyl (C=O) groups is 2. The fourth-order valence-electron chi connectivity index (χ4n) is 2.34. The number of benzene rings is 2. The number of carbonyl (C=O) groups excluding carboxylic acids is 2. The Morgan fingerprint density at radius 3 is 2.35 bits per heavy atom. The molecule has 0 saturated carbocycles. The minimum absolute atomic E-state index is 0.0237. The highest BCUT2D eigenvalue weighted by molar-refractivity contribution is 5.82. The molecule has 0 unspecified atom stereocenters. The minimum Gasteiger partial charge on any atom is -0.481 e. The van der Waals surface area contributed by atoms with Gasteiger partial charge in [0, 0.05) is 0 Å². The molecule has 6 heteroatoms. The maximum atomic E-state index is 12.5. The molecule has 0 saturated heterocycles. The summed E-state index contributed by atoms with van der Waals surface area (Å²) in [5.41, 5.74) is 1.31. The Morgan fingerprint density at radius 2 is 1.77 bits per heavy atom. The van der Waals surface area contributed by atoms with Crippen LogP contribution in [-0.4, -0.2) is 25.1 Å². The SMILES string of the molecule is COC(=O)C[C@@H](NC(=O)[C@@H](C)Oc1ccc(C#N)cc1)c1ccccc1. The van der Waals surface area contributed by atoms with Crippen molar-refractivity contribution in [2.45, 2.75) is 25.5 Å². The van der Waals surface area contributed by atoms with E-state index in [1.807, 2.05) is 36.4 Å². The van der Waals surface area contributed by atoms with Crippen LogP contribution >= 0.6 is 0 Å². The van der Waals surface area contributed by atoms with Gasteiger partial charge in [-0.3, -0.25) is 9.59 Å². The van der Waals surface area contributed by atoms with Crippen LogP contribution < -0.4 is 10.1 Å². The molecule has 2 rings (SSSR count). The molecule has 2 aromatic carbocycles. The van der Waals surface area contributed by atoms with E-state index in [9.17, 15) is 9.59 Å². The molecular formula is C20H20N2O4. The van der Waals surface area contributed by atoms with Crippen LogP contribution in [-0.2, 0) is 14.3 Å². The summed E-state index contributed by atoms with van der Waals surface area (Å²) in [6.45, 7) is 1.62. The minimum atomic E-state index is -0.771. The van der Waals surface area contributed by atoms with Crippen LogP contribution in [0.3, 0.4) is 0 Å². The quantitative estimate of drug-likeness (QED) is 0.774. The van der Waals surface area contributed by atoms with Crippen molar-refractivity contribution in [3.8, 4) is 11.8 Å². The van der Waals surface area contributed by atoms with E-state index in [1.165, 1.54) is 7.11 Å². The number of rotatable bonds is 7. The van der Waals surface area contributed by atoms with Crippen LogP contribution in [0.1, 0.15) is 30.5 Å². The number of nitriles is 1. The maximum absolute atomic E-state index is 12.5. The summed E-state index contributed by atoms with van der Waals surface area (Å²) in [4.78, 5) is 24.2. The van der Waals surface area contributed by atoms with Crippen LogP contribution in [0.5, 0.6) is 5.75 Å². The van der Waals surface area contributed by atoms with Gasteiger partial charge in [-0.25, -0.2) is 0 Å². The van der Waals surface area contributed by atoms with Crippen molar-refractivity contribution < 1.29 is 19.1 Å². The van der Waals surface area contributed by atoms with E-state index in [2.05, 4.69) is 5.32 Å². The molecule has 1 amide bonds. The van der Waals surface area contributed by atoms with Gasteiger partial charge >= 0.3 is 5.97 Å². The van der Waals surface area contributed by atoms with Gasteiger partial charge in [0.25, 0.3) is 5.91 Å². The smallest absolute Gasteiger partial charge is 0.307 e. The highest BCUT2D eigenvalue weighted by atomic mass is 16.5. The summed E-state index contributed by atoms with van der Waals surface area (Å²) in [6.07, 6.45) is -0.748. The zero-order valence-electron chi connectivity index (χ0n) is 14.6. The number of amides is 1. The molecule has 0 heterocycles. The van der Waals surface area contributed by atoms with Crippen LogP contribution in [0.4, 0.5) is 0 Å². The van der Waals surface area contributed by atoms with Crippen LogP contribution in [0.2, 0.25) is 0 Å². The lowest BCUT2D eigenvalue weighted by Gasteiger charge is -2.21. The van der Waals surface area contributed by atoms with E-state index < -0.39 is 18.1 Å². The Hall–Kier alpha value is -3.33. The van der Waals surface area contributed by atoms with E-state index in [1.54, 1.807) is 31.2 Å². The van der Waals surface area contributed by atoms with Gasteiger partial charge in [-0.05, 0) is 36.8 Å². The molecule has 0 bridgehead atoms. The molecule has 2 aromatic rings. The van der Waals surface area contributed by atoms with E-state index in [4.69, 9.17) is 14.7 Å². The standard InChI is InChI=1S/C20H20N2O4/c1-14(26-17-10-8-15(13-21)9-11-17)20(24)22-18(12-19(23)25-2)16-6-4-3-5-7-16/h3-11,14,18H,12H2,1-2H3,(H,22,24)/t14-,18-/m1/s1. The Kier molecular flexibility index (Phi) is 6.75. The summed E-state index contributed by atoms with van der Waals surface area (Å²) in [5, 5.41) is 11.6. The molecule has 0 aliphatic heterocycles. The van der Waals surface area contributed by atoms with Gasteiger partial charge in [0.05, 0.1) is 31.2 Å². The van der Waals surface area contributed by atoms with Crippen LogP contribution in [0.15, 0.2) is 54.6 Å². The lowest BCUT2D eigenvalue weighted by molar-refractivity contribution is -0.141. The predicted molar refractivity (Wildman–Crippen MR) is 95.2 cm³/mol. The normalized spacial score (nSPS) is 12.3. The lowest BCUT2D eigenvalue weighted by Crippen LogP contribution is -2.39. The number of ether oxygens (including phenoxy) is 2. The van der Waals surface area contributed by atoms with Crippen molar-refractivity contribution in [2.24, 2.45) is 0 Å². The van der Waals surface area contributed by atoms with Gasteiger partial charge in [-0.15, -0.1) is 0 Å². The van der Waals surface area contributed by atoms with Crippen molar-refractivity contribution in [1.29, 1.82) is 5.26 Å². The Morgan fingerprint density at radius 1 is 1.12 bits per heavy atom. The number of hydrogen-bond acceptors (Lipinski definition) is 5. The number of nitrogens with one attached hydrogen (secondary N) is 1. The summed E-state index contributed by atoms with van der Waals surface area (Å²) in [6, 6.07) is 17.2. The highest BCUT2D eigenvalue weighted by Gasteiger charge is 2.22. The molecule has 0 aromatic heterocycles. The van der Waals surface area contributed by atoms with Crippen molar-refractivity contribution in [1.82, 2.24) is 5.32 Å². The molecule has 2 atom stereocenters. The third kappa shape index (κ3) is 5.35. The fourth-order valence-corrected chi connectivity index (χ4v) is 2.34. The average Bonchev–Trinajstić information content (AvgIpc) is 2.68. The Bertz CT molecular complexity index is 782. The van der Waals surface area contributed by atoms with Gasteiger partial charge in [-0.2, -0.15) is 5.26 Å². The monoisotopic (exact) mass is 352 g/mol. The topological polar surface area (TPSA) is 88.4 Å². The van der Waals surface area contributed by atoms with E-state index in [0.29, 0.717) is 11.3 Å². The molecular weight excluding hydrogens is 332 g/mol. The fraction of sp³-hybridized carbons (Fsp3) is 0.250. The zero-order valence-corrected chi connectivity index (χ0v) is 14.6. The molecule has 0 fully saturated rings. The second kappa shape index (κ2) is 9.23. The highest BCUT2D eigenvalue weighted by Crippen LogP contribution is 2.18. The largest absolute Gasteiger partial charge is 0.481 e. The number of nitrogens with zero attached hydrogens (tertiary/aromatic N) is 1. The predicted octanol–water partition coefficient (Wildman–Crippen LogP) is 2.75. The summed E-state index contributed by atoms with van der Waals surface area (Å²) >= 11 is 0. The third-order valence-electron chi connectivity index (χ3n) is 3.78. The van der Waals surface area contributed by atoms with E-state index in [0.717, 1.165) is 5.56 Å². The maximum Gasteiger partial charge on any atom is 0.307 e. The van der Waals surface area contributed by atoms with E-state index >= 15 is 0 Å². The number of esters is 1. The first-order chi connectivity index (χ1) is 12.5. The van der Waals surface area contributed by atoms with Crippen molar-refractivity contribution in [2.75, 3.05) is 7.11 Å². The Labute approximate surface area is 152 Å². The zero-order chi connectivity index (χ0) is 18.9. The van der Waals surface area contributed by atoms with Gasteiger partial charge < -0.3 is 14.8 Å². The third-order valence-corrected chi connectivity index (χ3v) is 3.78. The van der Waals surface area contributed by atoms with Gasteiger partial charge in [-0.1, -0.05) is 30.3 Å². The lowest BCUT2D eigenvalue weighted by atomic mass is 10.0. The van der Waals surface area contributed by atoms with Gasteiger partial charge in [0.15, 0.2) is 6.10 Å². The van der Waals surface area contributed by atoms with Crippen LogP contribution in [0, 0.1) is 11.3 Å². The molecule has 0 spiro atoms. The summed E-state index contributed by atoms with van der Waals surface area (Å²) in [7, 11) is 1.31. The molecule has 1 N–H and O–H groups in total. The second-order valence-corrected chi connectivity index (χ2v) is 5.65. The summed E-state index contributed by atoms with van der Waals surface area (Å²) < 4.78 is 10.3. The van der Waals surface area contributed by atoms with E-state index in [-0.39, 0.29) is 12.3 Å². The second-order valence-electron chi connectivity index (χ2n) is 5.65. The molecule has 134 valence electrons. The first-order valence-corrected chi connectivity index (χ1v) is 8.12. The first-order valence-electron chi connectivity index (χ1n) is 8.12. The Balaban J connectivity index is 2.05. The molecule has 26 heavy (non-hydrogen) atoms. The van der Waals surface area contributed by atoms with Gasteiger partial charge in [0.1, 0.15) is 5.75 Å².